The van der Waals surface area contributed by atoms with E-state index >= 15 is 0 Å². The summed E-state index contributed by atoms with van der Waals surface area (Å²) in [6.07, 6.45) is 5.83. The maximum absolute atomic E-state index is 6.11. The Kier molecular flexibility index (Phi) is 12.6. The second kappa shape index (κ2) is 14.5. The molecule has 0 aromatic rings. The summed E-state index contributed by atoms with van der Waals surface area (Å²) in [6.45, 7) is 20.5. The van der Waals surface area contributed by atoms with Gasteiger partial charge in [-0.2, -0.15) is 0 Å². The molecule has 6 heteroatoms. The van der Waals surface area contributed by atoms with Crippen molar-refractivity contribution in [1.29, 1.82) is 0 Å². The molecule has 1 aliphatic rings. The molecule has 0 aromatic heterocycles. The van der Waals surface area contributed by atoms with Crippen molar-refractivity contribution in [2.24, 2.45) is 0 Å². The van der Waals surface area contributed by atoms with Crippen LogP contribution in [0.25, 0.3) is 0 Å². The van der Waals surface area contributed by atoms with Crippen LogP contribution in [-0.4, -0.2) is 70.3 Å². The molecule has 1 saturated heterocycles. The highest BCUT2D eigenvalue weighted by atomic mass is 16.7. The molecule has 0 aromatic carbocycles. The number of hydrogen-bond acceptors (Lipinski definition) is 6. The first-order chi connectivity index (χ1) is 13.2. The molecule has 0 unspecified atom stereocenters. The smallest absolute Gasteiger partial charge is 0.187 e. The average Bonchev–Trinajstić information content (AvgIpc) is 2.68. The molecule has 0 saturated carbocycles. The number of ether oxygens (including phenoxy) is 6. The molecule has 1 heterocycles. The van der Waals surface area contributed by atoms with Gasteiger partial charge in [0.25, 0.3) is 0 Å². The van der Waals surface area contributed by atoms with Crippen LogP contribution in [0.1, 0.15) is 0 Å². The van der Waals surface area contributed by atoms with Crippen LogP contribution < -0.4 is 0 Å². The Morgan fingerprint density at radius 2 is 1.07 bits per heavy atom. The first kappa shape index (κ1) is 23.5. The van der Waals surface area contributed by atoms with Gasteiger partial charge in [0.2, 0.25) is 0 Å². The molecule has 5 atom stereocenters. The van der Waals surface area contributed by atoms with E-state index in [1.165, 1.54) is 0 Å². The molecule has 152 valence electrons. The third kappa shape index (κ3) is 7.92. The second-order valence-electron chi connectivity index (χ2n) is 5.75. The Morgan fingerprint density at radius 3 is 1.63 bits per heavy atom. The lowest BCUT2D eigenvalue weighted by atomic mass is 9.98. The summed E-state index contributed by atoms with van der Waals surface area (Å²) in [5.41, 5.74) is 0. The highest BCUT2D eigenvalue weighted by molar-refractivity contribution is 4.95. The quantitative estimate of drug-likeness (QED) is 0.303. The summed E-state index contributed by atoms with van der Waals surface area (Å²) in [4.78, 5) is 0. The van der Waals surface area contributed by atoms with Crippen molar-refractivity contribution in [3.05, 3.63) is 63.3 Å². The Bertz CT molecular complexity index is 464. The largest absolute Gasteiger partial charge is 0.375 e. The summed E-state index contributed by atoms with van der Waals surface area (Å²) >= 11 is 0. The van der Waals surface area contributed by atoms with Crippen molar-refractivity contribution in [3.8, 4) is 0 Å². The lowest BCUT2D eigenvalue weighted by Gasteiger charge is -2.45. The zero-order chi connectivity index (χ0) is 19.9. The van der Waals surface area contributed by atoms with Crippen LogP contribution in [0.15, 0.2) is 63.3 Å². The lowest BCUT2D eigenvalue weighted by molar-refractivity contribution is -0.317. The van der Waals surface area contributed by atoms with Crippen LogP contribution in [0.5, 0.6) is 0 Å². The molecule has 0 spiro atoms. The predicted molar refractivity (Wildman–Crippen MR) is 106 cm³/mol. The van der Waals surface area contributed by atoms with Gasteiger partial charge < -0.3 is 28.4 Å². The van der Waals surface area contributed by atoms with Gasteiger partial charge in [-0.05, 0) is 0 Å². The van der Waals surface area contributed by atoms with E-state index in [4.69, 9.17) is 28.4 Å². The minimum absolute atomic E-state index is 0.296. The molecular weight excluding hydrogens is 348 g/mol. The van der Waals surface area contributed by atoms with E-state index in [0.29, 0.717) is 39.6 Å². The van der Waals surface area contributed by atoms with Crippen molar-refractivity contribution < 1.29 is 28.4 Å². The van der Waals surface area contributed by atoms with Gasteiger partial charge in [0, 0.05) is 0 Å². The predicted octanol–water partition coefficient (Wildman–Crippen LogP) is 2.83. The van der Waals surface area contributed by atoms with Crippen molar-refractivity contribution in [1.82, 2.24) is 0 Å². The first-order valence-corrected chi connectivity index (χ1v) is 8.97. The molecular formula is C21H32O6. The third-order valence-electron chi connectivity index (χ3n) is 3.71. The van der Waals surface area contributed by atoms with Gasteiger partial charge in [-0.15, -0.1) is 32.9 Å². The Morgan fingerprint density at radius 1 is 0.593 bits per heavy atom. The molecule has 1 rings (SSSR count). The third-order valence-corrected chi connectivity index (χ3v) is 3.71. The van der Waals surface area contributed by atoms with E-state index in [1.807, 2.05) is 0 Å². The topological polar surface area (TPSA) is 55.4 Å². The second-order valence-corrected chi connectivity index (χ2v) is 5.75. The molecule has 6 nitrogen and oxygen atoms in total. The molecule has 1 fully saturated rings. The molecule has 0 bridgehead atoms. The minimum Gasteiger partial charge on any atom is -0.375 e. The van der Waals surface area contributed by atoms with Gasteiger partial charge >= 0.3 is 0 Å². The van der Waals surface area contributed by atoms with Gasteiger partial charge in [0.15, 0.2) is 6.29 Å². The van der Waals surface area contributed by atoms with E-state index in [9.17, 15) is 0 Å². The Hall–Kier alpha value is -1.54. The van der Waals surface area contributed by atoms with Crippen molar-refractivity contribution >= 4 is 0 Å². The van der Waals surface area contributed by atoms with Crippen LogP contribution in [0.2, 0.25) is 0 Å². The van der Waals surface area contributed by atoms with Crippen LogP contribution in [-0.2, 0) is 28.4 Å². The lowest BCUT2D eigenvalue weighted by Crippen LogP contribution is -2.62. The fourth-order valence-electron chi connectivity index (χ4n) is 2.68. The number of hydrogen-bond donors (Lipinski definition) is 0. The van der Waals surface area contributed by atoms with Gasteiger partial charge in [-0.1, -0.05) is 30.4 Å². The molecule has 0 aliphatic carbocycles. The minimum atomic E-state index is -0.668. The van der Waals surface area contributed by atoms with E-state index in [0.717, 1.165) is 0 Å². The fraction of sp³-hybridized carbons (Fsp3) is 0.524. The molecule has 1 aliphatic heterocycles. The zero-order valence-electron chi connectivity index (χ0n) is 16.0. The highest BCUT2D eigenvalue weighted by Crippen LogP contribution is 2.29. The average molecular weight is 380 g/mol. The Labute approximate surface area is 162 Å². The van der Waals surface area contributed by atoms with Crippen LogP contribution in [0.4, 0.5) is 0 Å². The number of rotatable bonds is 16. The standard InChI is InChI=1S/C21H32O6/c1-6-11-22-16-17-18(23-12-7-2)19(24-13-8-3)20(25-14-9-4)21(27-17)26-15-10-5/h6-10,17-21H,1-5,11-16H2/t17-,18-,19+,20-,21-/m1/s1. The van der Waals surface area contributed by atoms with Gasteiger partial charge in [0.1, 0.15) is 24.4 Å². The SMILES string of the molecule is C=CCOC[C@H]1O[C@@H](OCC=C)[C@H](OCC=C)[C@@H](OCC=C)[C@@H]1OCC=C. The summed E-state index contributed by atoms with van der Waals surface area (Å²) in [6, 6.07) is 0. The Balaban J connectivity index is 3.07. The van der Waals surface area contributed by atoms with Crippen molar-refractivity contribution in [2.45, 2.75) is 30.7 Å². The summed E-state index contributed by atoms with van der Waals surface area (Å²) < 4.78 is 35.4. The van der Waals surface area contributed by atoms with E-state index in [2.05, 4.69) is 32.9 Å². The van der Waals surface area contributed by atoms with Crippen LogP contribution in [0, 0.1) is 0 Å². The fourth-order valence-corrected chi connectivity index (χ4v) is 2.68. The van der Waals surface area contributed by atoms with Gasteiger partial charge in [-0.3, -0.25) is 0 Å². The maximum atomic E-state index is 6.11. The molecule has 0 amide bonds. The van der Waals surface area contributed by atoms with Crippen LogP contribution in [0.3, 0.4) is 0 Å². The first-order valence-electron chi connectivity index (χ1n) is 8.97. The molecule has 0 radical (unpaired) electrons. The van der Waals surface area contributed by atoms with Crippen molar-refractivity contribution in [3.63, 3.8) is 0 Å². The van der Waals surface area contributed by atoms with Gasteiger partial charge in [0.05, 0.1) is 39.6 Å². The van der Waals surface area contributed by atoms with Crippen molar-refractivity contribution in [2.75, 3.05) is 39.6 Å². The van der Waals surface area contributed by atoms with Gasteiger partial charge in [-0.25, -0.2) is 0 Å². The normalized spacial score (nSPS) is 27.6. The molecule has 27 heavy (non-hydrogen) atoms. The monoisotopic (exact) mass is 380 g/mol. The maximum Gasteiger partial charge on any atom is 0.187 e. The van der Waals surface area contributed by atoms with Crippen LogP contribution >= 0.6 is 0 Å². The molecule has 0 N–H and O–H groups in total. The summed E-state index contributed by atoms with van der Waals surface area (Å²) in [7, 11) is 0. The van der Waals surface area contributed by atoms with E-state index in [-0.39, 0.29) is 0 Å². The van der Waals surface area contributed by atoms with E-state index < -0.39 is 30.7 Å². The summed E-state index contributed by atoms with van der Waals surface area (Å²) in [5.74, 6) is 0. The zero-order valence-corrected chi connectivity index (χ0v) is 16.0. The van der Waals surface area contributed by atoms with E-state index in [1.54, 1.807) is 30.4 Å². The summed E-state index contributed by atoms with van der Waals surface area (Å²) in [5, 5.41) is 0. The highest BCUT2D eigenvalue weighted by Gasteiger charge is 2.48.